The van der Waals surface area contributed by atoms with Crippen LogP contribution in [-0.4, -0.2) is 0 Å². The number of hydrogen-bond acceptors (Lipinski definition) is 0. The van der Waals surface area contributed by atoms with Gasteiger partial charge in [0.1, 0.15) is 0 Å². The second kappa shape index (κ2) is 8.52. The normalized spacial score (nSPS) is 23.9. The minimum atomic E-state index is 0.285. The summed E-state index contributed by atoms with van der Waals surface area (Å²) < 4.78 is 0. The Hall–Kier alpha value is -3.38. The van der Waals surface area contributed by atoms with Gasteiger partial charge in [-0.25, -0.2) is 0 Å². The number of fused-ring (bicyclic) bond motifs is 2. The van der Waals surface area contributed by atoms with Crippen molar-refractivity contribution in [1.82, 2.24) is 0 Å². The number of benzene rings is 2. The van der Waals surface area contributed by atoms with Crippen LogP contribution in [0.4, 0.5) is 0 Å². The molecule has 1 saturated carbocycles. The Morgan fingerprint density at radius 1 is 0.879 bits per heavy atom. The summed E-state index contributed by atoms with van der Waals surface area (Å²) >= 11 is 0. The molecule has 162 valence electrons. The highest BCUT2D eigenvalue weighted by atomic mass is 14.3. The van der Waals surface area contributed by atoms with E-state index >= 15 is 0 Å². The predicted octanol–water partition coefficient (Wildman–Crippen LogP) is 8.58. The van der Waals surface area contributed by atoms with Crippen LogP contribution in [-0.2, 0) is 6.42 Å². The van der Waals surface area contributed by atoms with Gasteiger partial charge in [0.05, 0.1) is 0 Å². The third-order valence-electron chi connectivity index (χ3n) is 7.57. The fraction of sp³-hybridized carbons (Fsp3) is 0.212. The molecule has 0 aliphatic heterocycles. The van der Waals surface area contributed by atoms with Crippen LogP contribution in [0, 0.1) is 5.92 Å². The molecule has 2 aromatic rings. The second-order valence-corrected chi connectivity index (χ2v) is 9.63. The Morgan fingerprint density at radius 2 is 1.70 bits per heavy atom. The smallest absolute Gasteiger partial charge is 0.0244 e. The van der Waals surface area contributed by atoms with Crippen LogP contribution in [0.1, 0.15) is 48.8 Å². The Morgan fingerprint density at radius 3 is 2.58 bits per heavy atom. The summed E-state index contributed by atoms with van der Waals surface area (Å²) in [5.41, 5.74) is 14.1. The molecule has 6 rings (SSSR count). The summed E-state index contributed by atoms with van der Waals surface area (Å²) in [6.07, 6.45) is 21.5. The number of rotatable bonds is 4. The largest absolute Gasteiger partial charge is 0.0943 e. The Kier molecular flexibility index (Phi) is 5.23. The van der Waals surface area contributed by atoms with E-state index in [2.05, 4.69) is 97.6 Å². The van der Waals surface area contributed by atoms with Gasteiger partial charge >= 0.3 is 0 Å². The summed E-state index contributed by atoms with van der Waals surface area (Å²) in [6.45, 7) is 4.61. The maximum absolute atomic E-state index is 4.61. The second-order valence-electron chi connectivity index (χ2n) is 9.63. The molecule has 0 nitrogen and oxygen atoms in total. The third kappa shape index (κ3) is 3.85. The van der Waals surface area contributed by atoms with Crippen molar-refractivity contribution in [2.24, 2.45) is 5.92 Å². The van der Waals surface area contributed by atoms with E-state index in [9.17, 15) is 0 Å². The summed E-state index contributed by atoms with van der Waals surface area (Å²) in [5, 5.41) is 0. The number of allylic oxidation sites excluding steroid dienone is 12. The van der Waals surface area contributed by atoms with Crippen LogP contribution < -0.4 is 0 Å². The van der Waals surface area contributed by atoms with Crippen LogP contribution in [0.5, 0.6) is 0 Å². The zero-order valence-electron chi connectivity index (χ0n) is 19.2. The van der Waals surface area contributed by atoms with Crippen molar-refractivity contribution in [2.75, 3.05) is 0 Å². The van der Waals surface area contributed by atoms with Crippen LogP contribution in [0.15, 0.2) is 125 Å². The number of hydrogen-bond donors (Lipinski definition) is 0. The Bertz CT molecular complexity index is 1300. The monoisotopic (exact) mass is 426 g/mol. The molecule has 0 heterocycles. The van der Waals surface area contributed by atoms with Gasteiger partial charge in [0, 0.05) is 5.92 Å². The molecule has 0 N–H and O–H groups in total. The minimum Gasteiger partial charge on any atom is -0.0943 e. The van der Waals surface area contributed by atoms with E-state index in [0.717, 1.165) is 19.3 Å². The van der Waals surface area contributed by atoms with Crippen LogP contribution in [0.2, 0.25) is 0 Å². The van der Waals surface area contributed by atoms with Crippen molar-refractivity contribution < 1.29 is 0 Å². The molecule has 33 heavy (non-hydrogen) atoms. The van der Waals surface area contributed by atoms with Crippen molar-refractivity contribution in [3.05, 3.63) is 142 Å². The van der Waals surface area contributed by atoms with E-state index in [1.54, 1.807) is 11.1 Å². The molecule has 2 aromatic carbocycles. The lowest BCUT2D eigenvalue weighted by molar-refractivity contribution is 0.909. The quantitative estimate of drug-likeness (QED) is 0.459. The SMILES string of the molecule is C=C1C(=CCC=C2C=C3CCCC3=CC2)C(c2ccccc2)=CC1C1=Cc2ccccc2C1. The molecule has 1 fully saturated rings. The van der Waals surface area contributed by atoms with Gasteiger partial charge in [-0.15, -0.1) is 0 Å². The topological polar surface area (TPSA) is 0 Å². The molecule has 0 bridgehead atoms. The highest BCUT2D eigenvalue weighted by Gasteiger charge is 2.30. The maximum atomic E-state index is 4.61. The van der Waals surface area contributed by atoms with E-state index < -0.39 is 0 Å². The first-order valence-corrected chi connectivity index (χ1v) is 12.3. The summed E-state index contributed by atoms with van der Waals surface area (Å²) in [4.78, 5) is 0. The fourth-order valence-electron chi connectivity index (χ4n) is 5.83. The summed E-state index contributed by atoms with van der Waals surface area (Å²) in [5.74, 6) is 0.285. The van der Waals surface area contributed by atoms with Gasteiger partial charge < -0.3 is 0 Å². The van der Waals surface area contributed by atoms with Crippen molar-refractivity contribution in [1.29, 1.82) is 0 Å². The minimum absolute atomic E-state index is 0.285. The van der Waals surface area contributed by atoms with E-state index in [1.165, 1.54) is 63.8 Å². The molecular weight excluding hydrogens is 396 g/mol. The highest BCUT2D eigenvalue weighted by molar-refractivity contribution is 5.89. The average Bonchev–Trinajstić information content (AvgIpc) is 3.56. The van der Waals surface area contributed by atoms with Crippen molar-refractivity contribution in [3.8, 4) is 0 Å². The zero-order chi connectivity index (χ0) is 22.2. The van der Waals surface area contributed by atoms with E-state index in [-0.39, 0.29) is 5.92 Å². The lowest BCUT2D eigenvalue weighted by Gasteiger charge is -2.13. The molecule has 1 unspecified atom stereocenters. The Labute approximate surface area is 197 Å². The van der Waals surface area contributed by atoms with Gasteiger partial charge in [0.2, 0.25) is 0 Å². The van der Waals surface area contributed by atoms with Crippen LogP contribution in [0.25, 0.3) is 11.6 Å². The third-order valence-corrected chi connectivity index (χ3v) is 7.57. The maximum Gasteiger partial charge on any atom is 0.0244 e. The van der Waals surface area contributed by atoms with Crippen LogP contribution >= 0.6 is 0 Å². The molecule has 0 saturated heterocycles. The average molecular weight is 427 g/mol. The molecule has 4 aliphatic carbocycles. The van der Waals surface area contributed by atoms with Gasteiger partial charge in [0.15, 0.2) is 0 Å². The molecule has 0 spiro atoms. The first-order chi connectivity index (χ1) is 16.3. The van der Waals surface area contributed by atoms with Crippen molar-refractivity contribution in [2.45, 2.75) is 38.5 Å². The molecule has 4 aliphatic rings. The van der Waals surface area contributed by atoms with Crippen LogP contribution in [0.3, 0.4) is 0 Å². The predicted molar refractivity (Wildman–Crippen MR) is 141 cm³/mol. The molecule has 0 radical (unpaired) electrons. The lowest BCUT2D eigenvalue weighted by atomic mass is 9.90. The molecular formula is C33H30. The van der Waals surface area contributed by atoms with Gasteiger partial charge in [0.25, 0.3) is 0 Å². The van der Waals surface area contributed by atoms with E-state index in [1.807, 2.05) is 0 Å². The van der Waals surface area contributed by atoms with Gasteiger partial charge in [-0.3, -0.25) is 0 Å². The Balaban J connectivity index is 1.29. The highest BCUT2D eigenvalue weighted by Crippen LogP contribution is 2.46. The fourth-order valence-corrected chi connectivity index (χ4v) is 5.83. The van der Waals surface area contributed by atoms with Gasteiger partial charge in [-0.05, 0) is 88.7 Å². The molecule has 1 atom stereocenters. The lowest BCUT2D eigenvalue weighted by Crippen LogP contribution is -2.01. The van der Waals surface area contributed by atoms with Gasteiger partial charge in [-0.2, -0.15) is 0 Å². The van der Waals surface area contributed by atoms with E-state index in [4.69, 9.17) is 0 Å². The van der Waals surface area contributed by atoms with E-state index in [0.29, 0.717) is 0 Å². The molecule has 0 aromatic heterocycles. The van der Waals surface area contributed by atoms with Gasteiger partial charge in [-0.1, -0.05) is 103 Å². The molecule has 0 amide bonds. The van der Waals surface area contributed by atoms with Crippen molar-refractivity contribution >= 4 is 11.6 Å². The summed E-state index contributed by atoms with van der Waals surface area (Å²) in [6, 6.07) is 19.6. The first kappa shape index (κ1) is 20.2. The summed E-state index contributed by atoms with van der Waals surface area (Å²) in [7, 11) is 0. The zero-order valence-corrected chi connectivity index (χ0v) is 19.2. The van der Waals surface area contributed by atoms with Crippen molar-refractivity contribution in [3.63, 3.8) is 0 Å². The molecule has 0 heteroatoms. The first-order valence-electron chi connectivity index (χ1n) is 12.3. The standard InChI is InChI=1S/C33H30/c1-23-31(16-7-9-24-17-18-25-14-8-15-27(25)19-24)33(26-10-3-2-4-11-26)22-32(23)30-20-28-12-5-6-13-29(28)21-30/h2-6,9-13,16,18-20,22,32H,1,7-8,14-15,17,21H2.